The summed E-state index contributed by atoms with van der Waals surface area (Å²) in [5.41, 5.74) is 3.31. The molecule has 1 heterocycles. The summed E-state index contributed by atoms with van der Waals surface area (Å²) in [5, 5.41) is 4.32. The normalized spacial score (nSPS) is 11.1. The quantitative estimate of drug-likeness (QED) is 0.843. The van der Waals surface area contributed by atoms with Gasteiger partial charge in [-0.2, -0.15) is 5.10 Å². The van der Waals surface area contributed by atoms with Crippen molar-refractivity contribution in [2.75, 3.05) is 0 Å². The van der Waals surface area contributed by atoms with Crippen molar-refractivity contribution >= 4 is 15.9 Å². The summed E-state index contributed by atoms with van der Waals surface area (Å²) in [6, 6.07) is 8.20. The Hall–Kier alpha value is -1.29. The fraction of sp³-hybridized carbons (Fsp3) is 0.400. The van der Waals surface area contributed by atoms with Crippen molar-refractivity contribution in [2.24, 2.45) is 7.05 Å². The first-order chi connectivity index (χ1) is 8.97. The van der Waals surface area contributed by atoms with E-state index in [2.05, 4.69) is 40.9 Å². The van der Waals surface area contributed by atoms with E-state index in [0.29, 0.717) is 12.5 Å². The zero-order valence-electron chi connectivity index (χ0n) is 11.8. The molecule has 0 aliphatic rings. The summed E-state index contributed by atoms with van der Waals surface area (Å²) >= 11 is 3.51. The molecule has 0 fully saturated rings. The summed E-state index contributed by atoms with van der Waals surface area (Å²) < 4.78 is 8.90. The number of halogens is 1. The molecule has 0 saturated heterocycles. The Labute approximate surface area is 122 Å². The van der Waals surface area contributed by atoms with Gasteiger partial charge in [-0.25, -0.2) is 0 Å². The molecule has 1 aromatic carbocycles. The van der Waals surface area contributed by atoms with E-state index < -0.39 is 0 Å². The zero-order chi connectivity index (χ0) is 14.0. The van der Waals surface area contributed by atoms with E-state index in [0.717, 1.165) is 21.6 Å². The van der Waals surface area contributed by atoms with Crippen LogP contribution in [0.2, 0.25) is 0 Å². The van der Waals surface area contributed by atoms with Gasteiger partial charge in [0.25, 0.3) is 0 Å². The second kappa shape index (κ2) is 5.78. The number of benzene rings is 1. The summed E-state index contributed by atoms with van der Waals surface area (Å²) in [6.07, 6.45) is 0. The van der Waals surface area contributed by atoms with Crippen molar-refractivity contribution in [1.29, 1.82) is 0 Å². The number of aryl methyl sites for hydroxylation is 2. The highest BCUT2D eigenvalue weighted by molar-refractivity contribution is 9.10. The molecule has 0 unspecified atom stereocenters. The maximum Gasteiger partial charge on any atom is 0.130 e. The molecule has 2 aromatic rings. The van der Waals surface area contributed by atoms with Crippen molar-refractivity contribution in [1.82, 2.24) is 9.78 Å². The third-order valence-electron chi connectivity index (χ3n) is 3.07. The van der Waals surface area contributed by atoms with Crippen molar-refractivity contribution in [3.05, 3.63) is 45.7 Å². The molecule has 0 spiro atoms. The number of hydrogen-bond acceptors (Lipinski definition) is 2. The molecule has 102 valence electrons. The van der Waals surface area contributed by atoms with Crippen LogP contribution in [0.4, 0.5) is 0 Å². The molecular formula is C15H19BrN2O. The van der Waals surface area contributed by atoms with Gasteiger partial charge in [0.05, 0.1) is 11.4 Å². The van der Waals surface area contributed by atoms with Crippen LogP contribution in [0.5, 0.6) is 5.75 Å². The maximum atomic E-state index is 5.95. The van der Waals surface area contributed by atoms with Gasteiger partial charge >= 0.3 is 0 Å². The van der Waals surface area contributed by atoms with Crippen LogP contribution >= 0.6 is 15.9 Å². The third kappa shape index (κ3) is 3.38. The van der Waals surface area contributed by atoms with E-state index in [1.54, 1.807) is 0 Å². The first-order valence-corrected chi connectivity index (χ1v) is 7.18. The Bertz CT molecular complexity index is 576. The smallest absolute Gasteiger partial charge is 0.130 e. The average Bonchev–Trinajstić information content (AvgIpc) is 2.66. The number of aromatic nitrogens is 2. The first-order valence-electron chi connectivity index (χ1n) is 6.39. The number of hydrogen-bond donors (Lipinski definition) is 0. The molecule has 3 nitrogen and oxygen atoms in total. The van der Waals surface area contributed by atoms with Gasteiger partial charge in [0.1, 0.15) is 12.4 Å². The molecule has 19 heavy (non-hydrogen) atoms. The van der Waals surface area contributed by atoms with Gasteiger partial charge < -0.3 is 4.74 Å². The van der Waals surface area contributed by atoms with Crippen LogP contribution in [0, 0.1) is 6.92 Å². The fourth-order valence-corrected chi connectivity index (χ4v) is 2.43. The van der Waals surface area contributed by atoms with Crippen molar-refractivity contribution in [3.63, 3.8) is 0 Å². The van der Waals surface area contributed by atoms with Crippen LogP contribution in [0.3, 0.4) is 0 Å². The highest BCUT2D eigenvalue weighted by Gasteiger charge is 2.10. The molecule has 0 N–H and O–H groups in total. The zero-order valence-corrected chi connectivity index (χ0v) is 13.4. The minimum absolute atomic E-state index is 0.431. The van der Waals surface area contributed by atoms with E-state index in [-0.39, 0.29) is 0 Å². The topological polar surface area (TPSA) is 27.1 Å². The van der Waals surface area contributed by atoms with E-state index in [1.165, 1.54) is 5.56 Å². The Morgan fingerprint density at radius 2 is 2.05 bits per heavy atom. The highest BCUT2D eigenvalue weighted by Crippen LogP contribution is 2.30. The molecule has 0 radical (unpaired) electrons. The standard InChI is InChI=1S/C15H19BrN2O/c1-10(2)14-8-12(16)5-6-15(14)19-9-13-7-11(3)17-18(13)4/h5-8,10H,9H2,1-4H3. The summed E-state index contributed by atoms with van der Waals surface area (Å²) in [6.45, 7) is 6.87. The first kappa shape index (κ1) is 14.1. The minimum Gasteiger partial charge on any atom is -0.487 e. The lowest BCUT2D eigenvalue weighted by atomic mass is 10.0. The molecule has 0 aliphatic heterocycles. The second-order valence-electron chi connectivity index (χ2n) is 5.03. The molecule has 0 atom stereocenters. The second-order valence-corrected chi connectivity index (χ2v) is 5.94. The van der Waals surface area contributed by atoms with E-state index in [9.17, 15) is 0 Å². The Morgan fingerprint density at radius 1 is 1.32 bits per heavy atom. The van der Waals surface area contributed by atoms with E-state index >= 15 is 0 Å². The fourth-order valence-electron chi connectivity index (χ4n) is 2.05. The number of nitrogens with zero attached hydrogens (tertiary/aromatic N) is 2. The predicted octanol–water partition coefficient (Wildman–Crippen LogP) is 4.19. The van der Waals surface area contributed by atoms with Gasteiger partial charge in [0.2, 0.25) is 0 Å². The molecule has 0 aliphatic carbocycles. The lowest BCUT2D eigenvalue weighted by Gasteiger charge is -2.14. The van der Waals surface area contributed by atoms with Crippen LogP contribution in [0.1, 0.15) is 36.7 Å². The maximum absolute atomic E-state index is 5.95. The van der Waals surface area contributed by atoms with Crippen molar-refractivity contribution in [2.45, 2.75) is 33.3 Å². The highest BCUT2D eigenvalue weighted by atomic mass is 79.9. The minimum atomic E-state index is 0.431. The molecular weight excluding hydrogens is 304 g/mol. The number of ether oxygens (including phenoxy) is 1. The Balaban J connectivity index is 2.17. The molecule has 4 heteroatoms. The molecule has 0 bridgehead atoms. The van der Waals surface area contributed by atoms with Crippen molar-refractivity contribution < 1.29 is 4.74 Å². The lowest BCUT2D eigenvalue weighted by Crippen LogP contribution is -2.04. The summed E-state index contributed by atoms with van der Waals surface area (Å²) in [4.78, 5) is 0. The van der Waals surface area contributed by atoms with Crippen LogP contribution in [0.25, 0.3) is 0 Å². The molecule has 0 saturated carbocycles. The molecule has 2 rings (SSSR count). The van der Waals surface area contributed by atoms with Gasteiger partial charge in [-0.1, -0.05) is 29.8 Å². The van der Waals surface area contributed by atoms with E-state index in [4.69, 9.17) is 4.74 Å². The van der Waals surface area contributed by atoms with Crippen LogP contribution in [-0.4, -0.2) is 9.78 Å². The van der Waals surface area contributed by atoms with Gasteiger partial charge in [0.15, 0.2) is 0 Å². The third-order valence-corrected chi connectivity index (χ3v) is 3.56. The Morgan fingerprint density at radius 3 is 2.63 bits per heavy atom. The molecule has 1 aromatic heterocycles. The van der Waals surface area contributed by atoms with Crippen LogP contribution < -0.4 is 4.74 Å². The van der Waals surface area contributed by atoms with Gasteiger partial charge in [-0.05, 0) is 42.7 Å². The predicted molar refractivity (Wildman–Crippen MR) is 80.5 cm³/mol. The van der Waals surface area contributed by atoms with Gasteiger partial charge in [-0.3, -0.25) is 4.68 Å². The van der Waals surface area contributed by atoms with Crippen LogP contribution in [0.15, 0.2) is 28.7 Å². The Kier molecular flexibility index (Phi) is 4.30. The lowest BCUT2D eigenvalue weighted by molar-refractivity contribution is 0.291. The SMILES string of the molecule is Cc1cc(COc2ccc(Br)cc2C(C)C)n(C)n1. The van der Waals surface area contributed by atoms with Gasteiger partial charge in [-0.15, -0.1) is 0 Å². The van der Waals surface area contributed by atoms with Crippen LogP contribution in [-0.2, 0) is 13.7 Å². The summed E-state index contributed by atoms with van der Waals surface area (Å²) in [5.74, 6) is 1.37. The largest absolute Gasteiger partial charge is 0.487 e. The number of rotatable bonds is 4. The monoisotopic (exact) mass is 322 g/mol. The van der Waals surface area contributed by atoms with Crippen molar-refractivity contribution in [3.8, 4) is 5.75 Å². The van der Waals surface area contributed by atoms with E-state index in [1.807, 2.05) is 36.9 Å². The van der Waals surface area contributed by atoms with Gasteiger partial charge in [0, 0.05) is 11.5 Å². The summed E-state index contributed by atoms with van der Waals surface area (Å²) in [7, 11) is 1.94. The molecule has 0 amide bonds. The average molecular weight is 323 g/mol.